The molecule has 10 heteroatoms. The van der Waals surface area contributed by atoms with E-state index in [0.29, 0.717) is 36.3 Å². The molecule has 3 aromatic carbocycles. The van der Waals surface area contributed by atoms with Crippen molar-refractivity contribution < 1.29 is 23.9 Å². The largest absolute Gasteiger partial charge is 0.497 e. The molecule has 0 radical (unpaired) electrons. The average Bonchev–Trinajstić information content (AvgIpc) is 3.45. The minimum atomic E-state index is -0.668. The molecule has 0 saturated carbocycles. The lowest BCUT2D eigenvalue weighted by atomic mass is 9.95. The van der Waals surface area contributed by atoms with Crippen molar-refractivity contribution in [2.24, 2.45) is 5.92 Å². The summed E-state index contributed by atoms with van der Waals surface area (Å²) in [6.07, 6.45) is 5.85. The number of halogens is 1. The molecule has 2 saturated heterocycles. The molecule has 2 fully saturated rings. The van der Waals surface area contributed by atoms with Crippen LogP contribution in [0.4, 0.5) is 0 Å². The van der Waals surface area contributed by atoms with E-state index < -0.39 is 11.9 Å². The molecule has 7 rings (SSSR count). The number of aromatic nitrogens is 1. The Labute approximate surface area is 292 Å². The maximum atomic E-state index is 14.0. The Balaban J connectivity index is 1.06. The topological polar surface area (TPSA) is 109 Å². The van der Waals surface area contributed by atoms with Gasteiger partial charge >= 0.3 is 0 Å². The van der Waals surface area contributed by atoms with Gasteiger partial charge in [0.15, 0.2) is 0 Å². The van der Waals surface area contributed by atoms with Crippen molar-refractivity contribution in [2.75, 3.05) is 20.2 Å². The van der Waals surface area contributed by atoms with Crippen LogP contribution in [0.25, 0.3) is 23.1 Å². The molecule has 9 nitrogen and oxygen atoms in total. The van der Waals surface area contributed by atoms with Gasteiger partial charge in [-0.25, -0.2) is 4.98 Å². The molecule has 4 aromatic rings. The fourth-order valence-corrected chi connectivity index (χ4v) is 7.05. The van der Waals surface area contributed by atoms with E-state index in [1.54, 1.807) is 18.1 Å². The van der Waals surface area contributed by atoms with Crippen molar-refractivity contribution in [2.45, 2.75) is 38.3 Å². The molecule has 0 bridgehead atoms. The van der Waals surface area contributed by atoms with E-state index in [4.69, 9.17) is 9.72 Å². The van der Waals surface area contributed by atoms with Crippen molar-refractivity contribution in [3.05, 3.63) is 105 Å². The third-order valence-corrected chi connectivity index (χ3v) is 9.83. The quantitative estimate of drug-likeness (QED) is 0.205. The van der Waals surface area contributed by atoms with Gasteiger partial charge in [-0.1, -0.05) is 52.0 Å². The summed E-state index contributed by atoms with van der Waals surface area (Å²) in [6, 6.07) is 20.2. The lowest BCUT2D eigenvalue weighted by Crippen LogP contribution is -2.52. The van der Waals surface area contributed by atoms with E-state index in [2.05, 4.69) is 33.1 Å². The normalized spacial score (nSPS) is 18.0. The van der Waals surface area contributed by atoms with Crippen LogP contribution in [0.3, 0.4) is 0 Å². The van der Waals surface area contributed by atoms with Gasteiger partial charge in [-0.3, -0.25) is 24.5 Å². The second kappa shape index (κ2) is 13.7. The fraction of sp³-hybridized carbons (Fsp3) is 0.256. The lowest BCUT2D eigenvalue weighted by Gasteiger charge is -2.30. The standard InChI is InChI=1S/C39H33BrN4O5/c1-49-29-6-2-4-25(20-29)9-12-28-22-32(31-21-27(40)11-13-34(31)41-28)38(47)43-18-16-24(17-19-43)8-10-26-5-3-7-30-33(26)23-44(39(30)48)35-14-15-36(45)42-37(35)46/h2-7,9,11-13,20-22,24,35H,14-19,23H2,1H3,(H,42,45,46)/b12-9+. The van der Waals surface area contributed by atoms with Gasteiger partial charge in [0.25, 0.3) is 11.8 Å². The number of imide groups is 1. The van der Waals surface area contributed by atoms with Crippen LogP contribution in [0.2, 0.25) is 0 Å². The van der Waals surface area contributed by atoms with E-state index in [9.17, 15) is 19.2 Å². The van der Waals surface area contributed by atoms with Crippen molar-refractivity contribution in [3.63, 3.8) is 0 Å². The molecule has 1 unspecified atom stereocenters. The highest BCUT2D eigenvalue weighted by atomic mass is 79.9. The Kier molecular flexibility index (Phi) is 9.02. The van der Waals surface area contributed by atoms with Crippen molar-refractivity contribution in [1.29, 1.82) is 0 Å². The number of hydrogen-bond donors (Lipinski definition) is 1. The van der Waals surface area contributed by atoms with Gasteiger partial charge in [0.1, 0.15) is 11.8 Å². The van der Waals surface area contributed by atoms with Gasteiger partial charge in [0, 0.05) is 53.0 Å². The highest BCUT2D eigenvalue weighted by Gasteiger charge is 2.39. The SMILES string of the molecule is COc1cccc(/C=C/c2cc(C(=O)N3CCC(C#Cc4cccc5c4CN(C4CCC(=O)NC4=O)C5=O)CC3)c3cc(Br)ccc3n2)c1. The van der Waals surface area contributed by atoms with Gasteiger partial charge < -0.3 is 14.5 Å². The van der Waals surface area contributed by atoms with Crippen molar-refractivity contribution in [1.82, 2.24) is 20.1 Å². The third-order valence-electron chi connectivity index (χ3n) is 9.34. The number of carbonyl (C=O) groups excluding carboxylic acids is 4. The van der Waals surface area contributed by atoms with Crippen LogP contribution in [0, 0.1) is 17.8 Å². The molecule has 4 amide bonds. The second-order valence-electron chi connectivity index (χ2n) is 12.4. The number of methoxy groups -OCH3 is 1. The number of rotatable bonds is 5. The molecule has 0 spiro atoms. The Hall–Kier alpha value is -5.27. The molecule has 1 atom stereocenters. The molecule has 1 N–H and O–H groups in total. The van der Waals surface area contributed by atoms with Crippen molar-refractivity contribution in [3.8, 4) is 17.6 Å². The minimum Gasteiger partial charge on any atom is -0.497 e. The number of likely N-dealkylation sites (tertiary alicyclic amines) is 1. The number of pyridine rings is 1. The number of amides is 4. The second-order valence-corrected chi connectivity index (χ2v) is 13.3. The number of ether oxygens (including phenoxy) is 1. The molecule has 3 aliphatic rings. The lowest BCUT2D eigenvalue weighted by molar-refractivity contribution is -0.136. The molecule has 3 aliphatic heterocycles. The van der Waals surface area contributed by atoms with E-state index >= 15 is 0 Å². The maximum Gasteiger partial charge on any atom is 0.255 e. The summed E-state index contributed by atoms with van der Waals surface area (Å²) in [5, 5.41) is 3.14. The van der Waals surface area contributed by atoms with Crippen LogP contribution in [0.15, 0.2) is 71.2 Å². The van der Waals surface area contributed by atoms with Crippen LogP contribution in [0.5, 0.6) is 5.75 Å². The Bertz CT molecular complexity index is 2110. The first kappa shape index (κ1) is 32.3. The number of hydrogen-bond acceptors (Lipinski definition) is 6. The summed E-state index contributed by atoms with van der Waals surface area (Å²) in [4.78, 5) is 59.6. The molecule has 1 aromatic heterocycles. The summed E-state index contributed by atoms with van der Waals surface area (Å²) < 4.78 is 6.22. The monoisotopic (exact) mass is 716 g/mol. The third kappa shape index (κ3) is 6.72. The van der Waals surface area contributed by atoms with Crippen LogP contribution in [0.1, 0.15) is 68.8 Å². The molecule has 4 heterocycles. The van der Waals surface area contributed by atoms with E-state index in [-0.39, 0.29) is 36.6 Å². The number of nitrogens with one attached hydrogen (secondary N) is 1. The zero-order valence-corrected chi connectivity index (χ0v) is 28.5. The zero-order valence-electron chi connectivity index (χ0n) is 26.9. The number of carbonyl (C=O) groups is 4. The van der Waals surface area contributed by atoms with Gasteiger partial charge in [-0.15, -0.1) is 0 Å². The Morgan fingerprint density at radius 2 is 1.82 bits per heavy atom. The Morgan fingerprint density at radius 3 is 2.61 bits per heavy atom. The van der Waals surface area contributed by atoms with Crippen LogP contribution in [-0.2, 0) is 16.1 Å². The molecule has 49 heavy (non-hydrogen) atoms. The average molecular weight is 718 g/mol. The Morgan fingerprint density at radius 1 is 1.00 bits per heavy atom. The predicted molar refractivity (Wildman–Crippen MR) is 189 cm³/mol. The van der Waals surface area contributed by atoms with E-state index in [0.717, 1.165) is 50.7 Å². The van der Waals surface area contributed by atoms with Gasteiger partial charge in [0.2, 0.25) is 11.8 Å². The molecule has 0 aliphatic carbocycles. The highest BCUT2D eigenvalue weighted by molar-refractivity contribution is 9.10. The summed E-state index contributed by atoms with van der Waals surface area (Å²) >= 11 is 3.55. The van der Waals surface area contributed by atoms with Gasteiger partial charge in [-0.2, -0.15) is 0 Å². The summed E-state index contributed by atoms with van der Waals surface area (Å²) in [6.45, 7) is 1.42. The highest BCUT2D eigenvalue weighted by Crippen LogP contribution is 2.31. The maximum absolute atomic E-state index is 14.0. The summed E-state index contributed by atoms with van der Waals surface area (Å²) in [7, 11) is 1.64. The molecular weight excluding hydrogens is 684 g/mol. The van der Waals surface area contributed by atoms with E-state index in [1.165, 1.54) is 0 Å². The first-order chi connectivity index (χ1) is 23.8. The summed E-state index contributed by atoms with van der Waals surface area (Å²) in [5.74, 6) is 6.57. The minimum absolute atomic E-state index is 0.0409. The van der Waals surface area contributed by atoms with E-state index in [1.807, 2.05) is 77.7 Å². The number of nitrogens with zero attached hydrogens (tertiary/aromatic N) is 3. The predicted octanol–water partition coefficient (Wildman–Crippen LogP) is 5.84. The number of benzene rings is 3. The van der Waals surface area contributed by atoms with Gasteiger partial charge in [0.05, 0.1) is 23.9 Å². The number of fused-ring (bicyclic) bond motifs is 2. The van der Waals surface area contributed by atoms with Crippen LogP contribution >= 0.6 is 15.9 Å². The van der Waals surface area contributed by atoms with Crippen molar-refractivity contribution >= 4 is 62.6 Å². The first-order valence-electron chi connectivity index (χ1n) is 16.3. The number of piperidine rings is 2. The fourth-order valence-electron chi connectivity index (χ4n) is 6.69. The summed E-state index contributed by atoms with van der Waals surface area (Å²) in [5.41, 5.74) is 5.12. The first-order valence-corrected chi connectivity index (χ1v) is 17.1. The van der Waals surface area contributed by atoms with Crippen LogP contribution in [-0.4, -0.2) is 64.7 Å². The zero-order chi connectivity index (χ0) is 34.1. The van der Waals surface area contributed by atoms with Crippen LogP contribution < -0.4 is 10.1 Å². The smallest absolute Gasteiger partial charge is 0.255 e. The molecule has 246 valence electrons. The van der Waals surface area contributed by atoms with Gasteiger partial charge in [-0.05, 0) is 85.0 Å². The molecular formula is C39H33BrN4O5.